The second-order valence-corrected chi connectivity index (χ2v) is 16.6. The van der Waals surface area contributed by atoms with Crippen LogP contribution in [0.2, 0.25) is 0 Å². The molecular weight excluding hydrogens is 713 g/mol. The van der Waals surface area contributed by atoms with Gasteiger partial charge in [0.15, 0.2) is 0 Å². The van der Waals surface area contributed by atoms with E-state index in [-0.39, 0.29) is 42.3 Å². The summed E-state index contributed by atoms with van der Waals surface area (Å²) >= 11 is 1.47. The van der Waals surface area contributed by atoms with Crippen LogP contribution in [0.5, 0.6) is 5.75 Å². The zero-order valence-electron chi connectivity index (χ0n) is 31.0. The number of nitrogens with zero attached hydrogens (tertiary/aromatic N) is 5. The second kappa shape index (κ2) is 18.1. The van der Waals surface area contributed by atoms with E-state index < -0.39 is 34.1 Å². The largest absolute Gasteiger partial charge is 0.497 e. The molecule has 1 aliphatic rings. The van der Waals surface area contributed by atoms with Crippen molar-refractivity contribution in [1.29, 1.82) is 0 Å². The van der Waals surface area contributed by atoms with E-state index in [1.54, 1.807) is 28.1 Å². The number of methoxy groups -OCH3 is 1. The van der Waals surface area contributed by atoms with Gasteiger partial charge < -0.3 is 25.0 Å². The first-order valence-electron chi connectivity index (χ1n) is 18.0. The van der Waals surface area contributed by atoms with Crippen molar-refractivity contribution < 1.29 is 27.9 Å². The van der Waals surface area contributed by atoms with Gasteiger partial charge in [-0.3, -0.25) is 9.78 Å². The maximum atomic E-state index is 14.4. The van der Waals surface area contributed by atoms with Gasteiger partial charge in [-0.25, -0.2) is 18.2 Å². The summed E-state index contributed by atoms with van der Waals surface area (Å²) < 4.78 is 34.3. The summed E-state index contributed by atoms with van der Waals surface area (Å²) in [7, 11) is -2.50. The first-order chi connectivity index (χ1) is 25.4. The van der Waals surface area contributed by atoms with Crippen LogP contribution in [-0.2, 0) is 27.8 Å². The summed E-state index contributed by atoms with van der Waals surface area (Å²) in [5.41, 5.74) is 2.38. The Morgan fingerprint density at radius 2 is 1.74 bits per heavy atom. The number of hydrogen-bond donors (Lipinski definition) is 2. The van der Waals surface area contributed by atoms with Crippen LogP contribution in [0, 0.1) is 11.8 Å². The van der Waals surface area contributed by atoms with Gasteiger partial charge in [-0.15, -0.1) is 11.3 Å². The smallest absolute Gasteiger partial charge is 0.321 e. The highest BCUT2D eigenvalue weighted by molar-refractivity contribution is 7.89. The van der Waals surface area contributed by atoms with Gasteiger partial charge in [0.25, 0.3) is 0 Å². The van der Waals surface area contributed by atoms with E-state index in [9.17, 15) is 23.1 Å². The Balaban J connectivity index is 1.35. The van der Waals surface area contributed by atoms with Crippen molar-refractivity contribution >= 4 is 33.3 Å². The molecule has 5 rings (SSSR count). The molecule has 3 heterocycles. The lowest BCUT2D eigenvalue weighted by atomic mass is 9.95. The Kier molecular flexibility index (Phi) is 13.6. The average molecular weight is 763 g/mol. The molecule has 0 aliphatic carbocycles. The van der Waals surface area contributed by atoms with Gasteiger partial charge in [0.2, 0.25) is 15.9 Å². The van der Waals surface area contributed by atoms with Crippen LogP contribution in [0.1, 0.15) is 45.4 Å². The number of sulfonamides is 1. The number of benzene rings is 2. The predicted octanol–water partition coefficient (Wildman–Crippen LogP) is 5.30. The van der Waals surface area contributed by atoms with Crippen LogP contribution in [0.15, 0.2) is 89.3 Å². The molecule has 1 saturated heterocycles. The molecule has 0 unspecified atom stereocenters. The first-order valence-corrected chi connectivity index (χ1v) is 20.3. The quantitative estimate of drug-likeness (QED) is 0.139. The van der Waals surface area contributed by atoms with Crippen molar-refractivity contribution in [3.63, 3.8) is 0 Å². The summed E-state index contributed by atoms with van der Waals surface area (Å²) in [6.07, 6.45) is 1.33. The zero-order chi connectivity index (χ0) is 38.1. The van der Waals surface area contributed by atoms with Gasteiger partial charge in [0.1, 0.15) is 16.8 Å². The van der Waals surface area contributed by atoms with Crippen LogP contribution in [0.3, 0.4) is 0 Å². The molecular formula is C39H50N6O6S2. The number of aliphatic hydroxyl groups is 1. The summed E-state index contributed by atoms with van der Waals surface area (Å²) in [5, 5.41) is 17.6. The van der Waals surface area contributed by atoms with Crippen LogP contribution in [0.4, 0.5) is 4.79 Å². The molecule has 4 aromatic rings. The average Bonchev–Trinajstić information content (AvgIpc) is 3.78. The summed E-state index contributed by atoms with van der Waals surface area (Å²) in [4.78, 5) is 40.7. The van der Waals surface area contributed by atoms with Crippen LogP contribution >= 0.6 is 11.3 Å². The minimum absolute atomic E-state index is 0.0397. The van der Waals surface area contributed by atoms with E-state index in [4.69, 9.17) is 9.72 Å². The molecule has 2 aromatic heterocycles. The molecule has 1 aliphatic heterocycles. The number of pyridine rings is 1. The van der Waals surface area contributed by atoms with Gasteiger partial charge in [-0.2, -0.15) is 4.31 Å². The Morgan fingerprint density at radius 3 is 2.38 bits per heavy atom. The molecule has 1 fully saturated rings. The van der Waals surface area contributed by atoms with Crippen molar-refractivity contribution in [1.82, 2.24) is 29.4 Å². The topological polar surface area (TPSA) is 145 Å². The molecule has 0 spiro atoms. The highest BCUT2D eigenvalue weighted by atomic mass is 32.2. The number of hydrogen-bond acceptors (Lipinski definition) is 9. The molecule has 14 heteroatoms. The summed E-state index contributed by atoms with van der Waals surface area (Å²) in [6, 6.07) is 19.3. The van der Waals surface area contributed by atoms with E-state index in [0.717, 1.165) is 22.0 Å². The fourth-order valence-corrected chi connectivity index (χ4v) is 8.86. The van der Waals surface area contributed by atoms with Crippen LogP contribution in [-0.4, -0.2) is 101 Å². The van der Waals surface area contributed by atoms with Crippen LogP contribution in [0.25, 0.3) is 10.7 Å². The standard InChI is InChI=1S/C39H50N6O6S2/c1-6-28(4)36(45-21-20-43(39(45)48)24-30-26-52-38(41-30)33-14-10-11-19-40-33)37(47)42-34(22-29-12-8-7-9-13-29)35(46)25-44(23-27(2)3)53(49,50)32-17-15-31(51-5)16-18-32/h7-19,26-28,34-36,46H,6,20-25H2,1-5H3,(H,42,47)/t28-,34-,35+,36-/m0/s1. The monoisotopic (exact) mass is 762 g/mol. The highest BCUT2D eigenvalue weighted by Gasteiger charge is 2.41. The van der Waals surface area contributed by atoms with Gasteiger partial charge in [-0.05, 0) is 60.2 Å². The molecule has 0 radical (unpaired) electrons. The normalized spacial score (nSPS) is 15.8. The zero-order valence-corrected chi connectivity index (χ0v) is 32.6. The Bertz CT molecular complexity index is 1890. The Morgan fingerprint density at radius 1 is 1.02 bits per heavy atom. The highest BCUT2D eigenvalue weighted by Crippen LogP contribution is 2.26. The van der Waals surface area contributed by atoms with E-state index >= 15 is 0 Å². The van der Waals surface area contributed by atoms with Gasteiger partial charge >= 0.3 is 6.03 Å². The van der Waals surface area contributed by atoms with E-state index in [2.05, 4.69) is 10.3 Å². The molecule has 4 atom stereocenters. The van der Waals surface area contributed by atoms with E-state index in [1.807, 2.05) is 81.6 Å². The number of nitrogens with one attached hydrogen (secondary N) is 1. The van der Waals surface area contributed by atoms with Gasteiger partial charge in [0, 0.05) is 37.8 Å². The van der Waals surface area contributed by atoms with Crippen molar-refractivity contribution in [3.8, 4) is 16.5 Å². The maximum absolute atomic E-state index is 14.4. The Hall–Kier alpha value is -4.37. The number of carbonyl (C=O) groups excluding carboxylic acids is 2. The lowest BCUT2D eigenvalue weighted by Crippen LogP contribution is -2.57. The van der Waals surface area contributed by atoms with Crippen molar-refractivity contribution in [3.05, 3.63) is 95.6 Å². The maximum Gasteiger partial charge on any atom is 0.321 e. The third-order valence-electron chi connectivity index (χ3n) is 9.45. The summed E-state index contributed by atoms with van der Waals surface area (Å²) in [6.45, 7) is 8.73. The number of carbonyl (C=O) groups is 2. The number of rotatable bonds is 18. The van der Waals surface area contributed by atoms with Crippen LogP contribution < -0.4 is 10.1 Å². The molecule has 12 nitrogen and oxygen atoms in total. The Labute approximate surface area is 316 Å². The molecule has 2 aromatic carbocycles. The molecule has 2 N–H and O–H groups in total. The lowest BCUT2D eigenvalue weighted by Gasteiger charge is -2.35. The van der Waals surface area contributed by atoms with Gasteiger partial charge in [0.05, 0.1) is 42.1 Å². The van der Waals surface area contributed by atoms with E-state index in [0.29, 0.717) is 31.8 Å². The summed E-state index contributed by atoms with van der Waals surface area (Å²) in [5.74, 6) is -0.106. The number of aromatic nitrogens is 2. The van der Waals surface area contributed by atoms with E-state index in [1.165, 1.54) is 34.9 Å². The van der Waals surface area contributed by atoms with Gasteiger partial charge in [-0.1, -0.05) is 70.5 Å². The SMILES string of the molecule is CC[C@H](C)[C@@H](C(=O)N[C@@H](Cc1ccccc1)[C@H](O)CN(CC(C)C)S(=O)(=O)c1ccc(OC)cc1)N1CCN(Cc2csc(-c3ccccn3)n2)C1=O. The molecule has 0 bridgehead atoms. The number of urea groups is 1. The number of aliphatic hydroxyl groups excluding tert-OH is 1. The minimum atomic E-state index is -4.01. The lowest BCUT2D eigenvalue weighted by molar-refractivity contribution is -0.128. The number of amides is 3. The fourth-order valence-electron chi connectivity index (χ4n) is 6.45. The fraction of sp³-hybridized carbons (Fsp3) is 0.436. The second-order valence-electron chi connectivity index (χ2n) is 13.9. The molecule has 284 valence electrons. The van der Waals surface area contributed by atoms with Crippen molar-refractivity contribution in [2.24, 2.45) is 11.8 Å². The minimum Gasteiger partial charge on any atom is -0.497 e. The third kappa shape index (κ3) is 9.99. The molecule has 3 amide bonds. The number of thiazole rings is 1. The van der Waals surface area contributed by atoms with Crippen molar-refractivity contribution in [2.45, 2.75) is 70.2 Å². The molecule has 0 saturated carbocycles. The predicted molar refractivity (Wildman–Crippen MR) is 206 cm³/mol. The third-order valence-corrected chi connectivity index (χ3v) is 12.2. The van der Waals surface area contributed by atoms with Crippen molar-refractivity contribution in [2.75, 3.05) is 33.3 Å². The number of ether oxygens (including phenoxy) is 1. The first kappa shape index (κ1) is 39.8. The molecule has 53 heavy (non-hydrogen) atoms.